The first kappa shape index (κ1) is 40.1. The molecule has 1 saturated heterocycles. The van der Waals surface area contributed by atoms with Crippen molar-refractivity contribution in [2.75, 3.05) is 18.6 Å². The smallest absolute Gasteiger partial charge is 0.305 e. The van der Waals surface area contributed by atoms with Crippen LogP contribution in [0.5, 0.6) is 0 Å². The van der Waals surface area contributed by atoms with Crippen LogP contribution in [-0.2, 0) is 23.1 Å². The molecule has 3 heterocycles. The summed E-state index contributed by atoms with van der Waals surface area (Å²) in [5.74, 6) is -1.91. The number of carbonyl (C=O) groups is 3. The number of imidazole rings is 1. The summed E-state index contributed by atoms with van der Waals surface area (Å²) in [5.41, 5.74) is 1.17. The monoisotopic (exact) mass is 759 g/mol. The van der Waals surface area contributed by atoms with Crippen molar-refractivity contribution in [2.24, 2.45) is 5.92 Å². The summed E-state index contributed by atoms with van der Waals surface area (Å²) in [4.78, 5) is 56.1. The number of hydrogen-bond acceptors (Lipinski definition) is 10. The highest BCUT2D eigenvalue weighted by atomic mass is 28.4. The van der Waals surface area contributed by atoms with Gasteiger partial charge >= 0.3 is 5.97 Å². The van der Waals surface area contributed by atoms with E-state index in [1.54, 1.807) is 71.6 Å². The van der Waals surface area contributed by atoms with E-state index in [0.29, 0.717) is 16.8 Å². The van der Waals surface area contributed by atoms with E-state index in [4.69, 9.17) is 23.3 Å². The highest BCUT2D eigenvalue weighted by molar-refractivity contribution is 6.74. The molecule has 0 bridgehead atoms. The molecular formula is C39H53N5O7Si2. The number of rotatable bonds is 11. The minimum atomic E-state index is -2.48. The maximum atomic E-state index is 14.1. The molecule has 1 aliphatic rings. The van der Waals surface area contributed by atoms with E-state index in [1.807, 2.05) is 0 Å². The summed E-state index contributed by atoms with van der Waals surface area (Å²) < 4.78 is 27.7. The number of imide groups is 1. The lowest BCUT2D eigenvalue weighted by atomic mass is 9.94. The molecule has 4 aromatic rings. The third-order valence-corrected chi connectivity index (χ3v) is 20.0. The number of carbonyl (C=O) groups excluding carboxylic acids is 3. The maximum Gasteiger partial charge on any atom is 0.305 e. The van der Waals surface area contributed by atoms with Gasteiger partial charge in [-0.2, -0.15) is 0 Å². The fourth-order valence-electron chi connectivity index (χ4n) is 5.75. The van der Waals surface area contributed by atoms with Crippen molar-refractivity contribution in [1.29, 1.82) is 0 Å². The van der Waals surface area contributed by atoms with Gasteiger partial charge in [-0.15, -0.1) is 0 Å². The molecule has 0 unspecified atom stereocenters. The zero-order valence-electron chi connectivity index (χ0n) is 32.7. The summed E-state index contributed by atoms with van der Waals surface area (Å²) in [6.45, 7) is 21.9. The van der Waals surface area contributed by atoms with Crippen LogP contribution < -0.4 is 4.90 Å². The zero-order chi connectivity index (χ0) is 38.9. The Morgan fingerprint density at radius 2 is 1.36 bits per heavy atom. The number of esters is 1. The molecule has 0 N–H and O–H groups in total. The van der Waals surface area contributed by atoms with E-state index in [9.17, 15) is 14.4 Å². The summed E-state index contributed by atoms with van der Waals surface area (Å²) in [7, 11) is -3.32. The first-order chi connectivity index (χ1) is 24.8. The lowest BCUT2D eigenvalue weighted by molar-refractivity contribution is -0.143. The molecule has 284 valence electrons. The summed E-state index contributed by atoms with van der Waals surface area (Å²) in [6, 6.07) is 17.1. The van der Waals surface area contributed by atoms with Gasteiger partial charge in [0.1, 0.15) is 6.33 Å². The van der Waals surface area contributed by atoms with Crippen molar-refractivity contribution >= 4 is 51.4 Å². The van der Waals surface area contributed by atoms with Gasteiger partial charge in [0.15, 0.2) is 39.8 Å². The predicted molar refractivity (Wildman–Crippen MR) is 209 cm³/mol. The molecular weight excluding hydrogens is 707 g/mol. The molecule has 0 radical (unpaired) electrons. The molecule has 0 aliphatic carbocycles. The first-order valence-corrected chi connectivity index (χ1v) is 23.8. The second-order valence-corrected chi connectivity index (χ2v) is 26.2. The van der Waals surface area contributed by atoms with Gasteiger partial charge in [-0.3, -0.25) is 19.0 Å². The van der Waals surface area contributed by atoms with Gasteiger partial charge < -0.3 is 18.3 Å². The van der Waals surface area contributed by atoms with Crippen molar-refractivity contribution in [3.8, 4) is 0 Å². The lowest BCUT2D eigenvalue weighted by Crippen LogP contribution is -2.48. The van der Waals surface area contributed by atoms with Crippen molar-refractivity contribution in [3.63, 3.8) is 0 Å². The van der Waals surface area contributed by atoms with Gasteiger partial charge in [-0.1, -0.05) is 77.9 Å². The van der Waals surface area contributed by atoms with Crippen LogP contribution in [0.4, 0.5) is 5.82 Å². The molecule has 53 heavy (non-hydrogen) atoms. The van der Waals surface area contributed by atoms with Crippen molar-refractivity contribution in [2.45, 2.75) is 103 Å². The number of fused-ring (bicyclic) bond motifs is 1. The van der Waals surface area contributed by atoms with E-state index >= 15 is 0 Å². The number of nitrogens with zero attached hydrogens (tertiary/aromatic N) is 5. The van der Waals surface area contributed by atoms with Crippen LogP contribution >= 0.6 is 0 Å². The minimum Gasteiger partial charge on any atom is -0.469 e. The molecule has 0 spiro atoms. The third kappa shape index (κ3) is 8.36. The Morgan fingerprint density at radius 1 is 0.811 bits per heavy atom. The van der Waals surface area contributed by atoms with Crippen molar-refractivity contribution in [3.05, 3.63) is 84.4 Å². The molecule has 2 aromatic carbocycles. The van der Waals surface area contributed by atoms with Gasteiger partial charge in [0.25, 0.3) is 11.8 Å². The molecule has 1 fully saturated rings. The van der Waals surface area contributed by atoms with Crippen molar-refractivity contribution in [1.82, 2.24) is 19.5 Å². The standard InChI is InChI=1S/C39H53N5O7Si2/c1-38(2,3)52(8,9)49-23-29-28(22-30(45)48-7)32(51-53(10,11)39(4,5)6)37(50-29)43-25-42-31-33(43)40-24-41-34(31)44(35(46)26-18-14-12-15-19-26)36(47)27-20-16-13-17-21-27/h12-21,24-25,28-29,32,37H,22-23H2,1-11H3/t28-,29-,32-,37-/m1/s1. The van der Waals surface area contributed by atoms with E-state index in [2.05, 4.69) is 77.7 Å². The van der Waals surface area contributed by atoms with Crippen LogP contribution in [0.3, 0.4) is 0 Å². The molecule has 5 rings (SSSR count). The largest absolute Gasteiger partial charge is 0.469 e. The van der Waals surface area contributed by atoms with Gasteiger partial charge in [-0.25, -0.2) is 19.9 Å². The van der Waals surface area contributed by atoms with Gasteiger partial charge in [-0.05, 0) is 60.5 Å². The molecule has 12 nitrogen and oxygen atoms in total. The second-order valence-electron chi connectivity index (χ2n) is 16.6. The quantitative estimate of drug-likeness (QED) is 0.0847. The van der Waals surface area contributed by atoms with Crippen LogP contribution in [-0.4, -0.2) is 79.9 Å². The number of methoxy groups -OCH3 is 1. The average Bonchev–Trinajstić information content (AvgIpc) is 3.68. The number of aromatic nitrogens is 4. The number of ether oxygens (including phenoxy) is 2. The average molecular weight is 760 g/mol. The Balaban J connectivity index is 1.64. The molecule has 2 aromatic heterocycles. The normalized spacial score (nSPS) is 19.7. The van der Waals surface area contributed by atoms with Crippen LogP contribution in [0.15, 0.2) is 73.3 Å². The van der Waals surface area contributed by atoms with E-state index in [0.717, 1.165) is 4.90 Å². The van der Waals surface area contributed by atoms with E-state index in [1.165, 1.54) is 13.4 Å². The third-order valence-electron chi connectivity index (χ3n) is 11.0. The van der Waals surface area contributed by atoms with Crippen LogP contribution in [0, 0.1) is 5.92 Å². The van der Waals surface area contributed by atoms with Gasteiger partial charge in [0.2, 0.25) is 0 Å². The fourth-order valence-corrected chi connectivity index (χ4v) is 8.09. The topological polar surface area (TPSA) is 135 Å². The Hall–Kier alpha value is -4.09. The van der Waals surface area contributed by atoms with Crippen molar-refractivity contribution < 1.29 is 32.7 Å². The number of amides is 2. The molecule has 0 saturated carbocycles. The zero-order valence-corrected chi connectivity index (χ0v) is 34.7. The number of benzene rings is 2. The Morgan fingerprint density at radius 3 is 1.87 bits per heavy atom. The molecule has 1 aliphatic heterocycles. The summed E-state index contributed by atoms with van der Waals surface area (Å²) in [6.07, 6.45) is 0.990. The fraction of sp³-hybridized carbons (Fsp3) is 0.487. The van der Waals surface area contributed by atoms with Crippen LogP contribution in [0.1, 0.15) is 74.9 Å². The number of hydrogen-bond donors (Lipinski definition) is 0. The Bertz CT molecular complexity index is 1870. The summed E-state index contributed by atoms with van der Waals surface area (Å²) in [5, 5.41) is -0.209. The maximum absolute atomic E-state index is 14.1. The Kier molecular flexibility index (Phi) is 11.6. The molecule has 14 heteroatoms. The van der Waals surface area contributed by atoms with Crippen LogP contribution in [0.25, 0.3) is 11.2 Å². The Labute approximate surface area is 314 Å². The van der Waals surface area contributed by atoms with Gasteiger partial charge in [0.05, 0.1) is 38.7 Å². The van der Waals surface area contributed by atoms with E-state index in [-0.39, 0.29) is 40.4 Å². The minimum absolute atomic E-state index is 0.0280. The summed E-state index contributed by atoms with van der Waals surface area (Å²) >= 11 is 0. The SMILES string of the molecule is COC(=O)C[C@H]1[C@@H](O[Si](C)(C)C(C)(C)C)[C@H](n2cnc3c(N(C(=O)c4ccccc4)C(=O)c4ccccc4)ncnc32)O[C@@H]1CO[Si](C)(C)C(C)(C)C. The van der Waals surface area contributed by atoms with Crippen LogP contribution in [0.2, 0.25) is 36.3 Å². The second kappa shape index (κ2) is 15.3. The molecule has 2 amide bonds. The highest BCUT2D eigenvalue weighted by Crippen LogP contribution is 2.46. The predicted octanol–water partition coefficient (Wildman–Crippen LogP) is 7.80. The molecule has 4 atom stereocenters. The van der Waals surface area contributed by atoms with Gasteiger partial charge in [0, 0.05) is 17.0 Å². The first-order valence-electron chi connectivity index (χ1n) is 18.0. The lowest BCUT2D eigenvalue weighted by Gasteiger charge is -2.41. The van der Waals surface area contributed by atoms with E-state index < -0.39 is 52.8 Å². The number of anilines is 1. The highest BCUT2D eigenvalue weighted by Gasteiger charge is 2.52.